The zero-order valence-corrected chi connectivity index (χ0v) is 14.4. The highest BCUT2D eigenvalue weighted by molar-refractivity contribution is 6.22. The minimum atomic E-state index is -1.47. The molecule has 26 heavy (non-hydrogen) atoms. The first-order chi connectivity index (χ1) is 12.4. The van der Waals surface area contributed by atoms with E-state index in [2.05, 4.69) is 35.7 Å². The third kappa shape index (κ3) is 1.80. The molecule has 13 nitrogen and oxygen atoms in total. The fourth-order valence-electron chi connectivity index (χ4n) is 5.40. The van der Waals surface area contributed by atoms with Crippen molar-refractivity contribution in [2.24, 2.45) is 39.4 Å². The number of aliphatic hydroxyl groups is 1. The maximum absolute atomic E-state index is 11.5. The van der Waals surface area contributed by atoms with Crippen LogP contribution in [-0.4, -0.2) is 64.0 Å². The summed E-state index contributed by atoms with van der Waals surface area (Å²) in [5, 5.41) is 24.4. The number of nitrogens with two attached hydrogens (primary N) is 2. The van der Waals surface area contributed by atoms with Crippen molar-refractivity contribution >= 4 is 23.5 Å². The number of halogens is 1. The van der Waals surface area contributed by atoms with Crippen molar-refractivity contribution in [2.45, 2.75) is 22.8 Å². The molecule has 0 aromatic heterocycles. The van der Waals surface area contributed by atoms with Gasteiger partial charge in [0.05, 0.1) is 11.3 Å². The Balaban J connectivity index is 1.89. The number of guanidine groups is 2. The first-order valence-electron chi connectivity index (χ1n) is 8.12. The molecule has 1 saturated carbocycles. The maximum Gasteiger partial charge on any atom is 0.347 e. The van der Waals surface area contributed by atoms with E-state index in [-0.39, 0.29) is 30.9 Å². The summed E-state index contributed by atoms with van der Waals surface area (Å²) in [5.41, 5.74) is 27.3. The van der Waals surface area contributed by atoms with Gasteiger partial charge in [0, 0.05) is 22.9 Å². The Morgan fingerprint density at radius 3 is 2.62 bits per heavy atom. The second kappa shape index (κ2) is 5.45. The second-order valence-electron chi connectivity index (χ2n) is 7.04. The average molecular weight is 383 g/mol. The lowest BCUT2D eigenvalue weighted by molar-refractivity contribution is -0.775. The molecule has 0 bridgehead atoms. The van der Waals surface area contributed by atoms with Crippen LogP contribution in [0.5, 0.6) is 0 Å². The molecule has 1 saturated heterocycles. The van der Waals surface area contributed by atoms with Gasteiger partial charge < -0.3 is 5.11 Å². The molecule has 4 rings (SSSR count). The monoisotopic (exact) mass is 382 g/mol. The first-order valence-corrected chi connectivity index (χ1v) is 8.56. The van der Waals surface area contributed by atoms with E-state index in [4.69, 9.17) is 34.1 Å². The molecule has 0 amide bonds. The van der Waals surface area contributed by atoms with E-state index < -0.39 is 28.7 Å². The van der Waals surface area contributed by atoms with Crippen LogP contribution >= 0.6 is 11.6 Å². The molecule has 0 aromatic rings. The van der Waals surface area contributed by atoms with Crippen molar-refractivity contribution in [3.63, 3.8) is 0 Å². The van der Waals surface area contributed by atoms with E-state index in [1.165, 1.54) is 0 Å². The molecular weight excluding hydrogens is 364 g/mol. The zero-order chi connectivity index (χ0) is 18.7. The summed E-state index contributed by atoms with van der Waals surface area (Å²) in [6.45, 7) is 0.622. The molecule has 2 unspecified atom stereocenters. The quantitative estimate of drug-likeness (QED) is 0.0969. The van der Waals surface area contributed by atoms with E-state index in [9.17, 15) is 5.11 Å². The number of nitrogens with one attached hydrogen (secondary N) is 3. The van der Waals surface area contributed by atoms with E-state index in [0.29, 0.717) is 12.5 Å². The molecule has 138 valence electrons. The Bertz CT molecular complexity index is 815. The van der Waals surface area contributed by atoms with Gasteiger partial charge in [-0.15, -0.1) is 11.6 Å². The minimum Gasteiger partial charge on any atom is -0.353 e. The van der Waals surface area contributed by atoms with Gasteiger partial charge in [0.2, 0.25) is 0 Å². The summed E-state index contributed by atoms with van der Waals surface area (Å²) < 4.78 is 1.82. The fourth-order valence-corrected chi connectivity index (χ4v) is 5.98. The Hall–Kier alpha value is -2.59. The summed E-state index contributed by atoms with van der Waals surface area (Å²) in [4.78, 5) is 8.68. The second-order valence-corrected chi connectivity index (χ2v) is 7.52. The molecule has 1 spiro atoms. The van der Waals surface area contributed by atoms with Crippen molar-refractivity contribution in [1.82, 2.24) is 10.6 Å². The van der Waals surface area contributed by atoms with Crippen LogP contribution in [0.15, 0.2) is 10.2 Å². The molecule has 14 heteroatoms. The van der Waals surface area contributed by atoms with Crippen molar-refractivity contribution in [3.05, 3.63) is 20.9 Å². The predicted molar refractivity (Wildman–Crippen MR) is 90.4 cm³/mol. The van der Waals surface area contributed by atoms with Gasteiger partial charge in [-0.25, -0.2) is 14.9 Å². The largest absolute Gasteiger partial charge is 0.353 e. The van der Waals surface area contributed by atoms with Gasteiger partial charge in [0.1, 0.15) is 12.1 Å². The van der Waals surface area contributed by atoms with Gasteiger partial charge in [-0.05, 0) is 22.9 Å². The van der Waals surface area contributed by atoms with Gasteiger partial charge in [-0.1, -0.05) is 10.2 Å². The number of fused-ring (bicyclic) bond motifs is 3. The molecule has 3 aliphatic heterocycles. The van der Waals surface area contributed by atoms with Crippen LogP contribution in [0.3, 0.4) is 0 Å². The average Bonchev–Trinajstić information content (AvgIpc) is 3.21. The molecule has 0 radical (unpaired) electrons. The molecule has 7 atom stereocenters. The summed E-state index contributed by atoms with van der Waals surface area (Å²) in [7, 11) is 0. The topological polar surface area (TPSA) is 211 Å². The molecule has 8 N–H and O–H groups in total. The van der Waals surface area contributed by atoms with Gasteiger partial charge >= 0.3 is 11.9 Å². The number of hydrogen-bond donors (Lipinski definition) is 6. The number of hydrogen-bond acceptors (Lipinski definition) is 7. The summed E-state index contributed by atoms with van der Waals surface area (Å²) in [5.74, 6) is -0.541. The normalized spacial score (nSPS) is 44.8. The number of alkyl halides is 1. The molecule has 2 fully saturated rings. The molecule has 4 aliphatic rings. The smallest absolute Gasteiger partial charge is 0.347 e. The van der Waals surface area contributed by atoms with Gasteiger partial charge in [-0.2, -0.15) is 0 Å². The van der Waals surface area contributed by atoms with Crippen molar-refractivity contribution in [3.8, 4) is 0 Å². The highest BCUT2D eigenvalue weighted by atomic mass is 35.5. The van der Waals surface area contributed by atoms with Crippen LogP contribution in [0.1, 0.15) is 0 Å². The third-order valence-corrected chi connectivity index (χ3v) is 6.82. The third-order valence-electron chi connectivity index (χ3n) is 6.12. The minimum absolute atomic E-state index is 0.0993. The Morgan fingerprint density at radius 1 is 1.31 bits per heavy atom. The lowest BCUT2D eigenvalue weighted by Gasteiger charge is -2.31. The van der Waals surface area contributed by atoms with E-state index in [0.717, 1.165) is 0 Å². The van der Waals surface area contributed by atoms with Crippen molar-refractivity contribution < 1.29 is 14.7 Å². The fraction of sp³-hybridized carbons (Fsp3) is 0.833. The summed E-state index contributed by atoms with van der Waals surface area (Å²) in [6, 6.07) is 0. The molecule has 0 aromatic carbocycles. The first kappa shape index (κ1) is 16.9. The van der Waals surface area contributed by atoms with E-state index in [1.54, 1.807) is 0 Å². The van der Waals surface area contributed by atoms with Crippen LogP contribution in [0, 0.1) is 17.8 Å². The van der Waals surface area contributed by atoms with Crippen LogP contribution in [0.2, 0.25) is 0 Å². The van der Waals surface area contributed by atoms with Crippen LogP contribution in [0.4, 0.5) is 0 Å². The van der Waals surface area contributed by atoms with Crippen LogP contribution in [-0.2, 0) is 0 Å². The van der Waals surface area contributed by atoms with Gasteiger partial charge in [0.15, 0.2) is 0 Å². The maximum atomic E-state index is 11.5. The number of nitrogens with zero attached hydrogens (tertiary/aromatic N) is 7. The Kier molecular flexibility index (Phi) is 3.53. The highest BCUT2D eigenvalue weighted by Crippen LogP contribution is 2.58. The van der Waals surface area contributed by atoms with E-state index in [1.807, 2.05) is 4.58 Å². The van der Waals surface area contributed by atoms with Crippen molar-refractivity contribution in [2.75, 3.05) is 19.6 Å². The summed E-state index contributed by atoms with van der Waals surface area (Å²) in [6.07, 6.45) is -0.627. The molecule has 1 aliphatic carbocycles. The van der Waals surface area contributed by atoms with Crippen LogP contribution in [0.25, 0.3) is 20.9 Å². The SMILES string of the molecule is [N-]=[N+]=NC[C@@H]1[C@@H](CN=[N+]=[N-])[C@H](Cl)[C@@]23CNC(N)=[N+]2C2[NH+]=C(N)NC2(O)[C@@H]13. The predicted octanol–water partition coefficient (Wildman–Crippen LogP) is -3.23. The number of rotatable bonds is 4. The summed E-state index contributed by atoms with van der Waals surface area (Å²) >= 11 is 6.88. The highest BCUT2D eigenvalue weighted by Gasteiger charge is 2.82. The number of azide groups is 2. The van der Waals surface area contributed by atoms with E-state index >= 15 is 0 Å². The Labute approximate surface area is 152 Å². The zero-order valence-electron chi connectivity index (χ0n) is 13.6. The van der Waals surface area contributed by atoms with Crippen molar-refractivity contribution in [1.29, 1.82) is 0 Å². The Morgan fingerprint density at radius 2 is 1.96 bits per heavy atom. The van der Waals surface area contributed by atoms with Gasteiger partial charge in [0.25, 0.3) is 11.9 Å². The lowest BCUT2D eigenvalue weighted by Crippen LogP contribution is -2.84. The van der Waals surface area contributed by atoms with Gasteiger partial charge in [-0.3, -0.25) is 16.8 Å². The molecular formula is C12H19ClN12O+2. The van der Waals surface area contributed by atoms with Crippen LogP contribution < -0.4 is 27.1 Å². The lowest BCUT2D eigenvalue weighted by atomic mass is 9.78. The standard InChI is InChI=1S/C12H17ClN12O/c13-7-5(2-20-24-17)4(1-19-23-16)6-11(7)3-18-10(15)25(11)8-12(6,26)22-9(14)21-8/h4-8,26H,1-3H2,(H5,14,15,18,21,22)/p+2/t4-,5-,6+,7+,8?,11+,12?/m1/s1. The molecule has 3 heterocycles.